The minimum atomic E-state index is -3.54. The first kappa shape index (κ1) is 15.4. The van der Waals surface area contributed by atoms with Gasteiger partial charge in [-0.3, -0.25) is 4.79 Å². The Balaban J connectivity index is 2.69. The van der Waals surface area contributed by atoms with Crippen molar-refractivity contribution in [3.8, 4) is 0 Å². The van der Waals surface area contributed by atoms with Crippen LogP contribution in [-0.2, 0) is 15.0 Å². The molecule has 0 aromatic heterocycles. The number of rotatable bonds is 6. The molecular formula is C10H21N3O4S. The van der Waals surface area contributed by atoms with Gasteiger partial charge >= 0.3 is 5.97 Å². The Morgan fingerprint density at radius 3 is 2.78 bits per heavy atom. The van der Waals surface area contributed by atoms with E-state index in [1.54, 1.807) is 7.05 Å². The minimum absolute atomic E-state index is 0.0710. The topological polar surface area (TPSA) is 90.0 Å². The molecule has 18 heavy (non-hydrogen) atoms. The van der Waals surface area contributed by atoms with Crippen LogP contribution >= 0.6 is 0 Å². The number of carboxylic acids is 1. The lowest BCUT2D eigenvalue weighted by Crippen LogP contribution is -2.49. The number of carbonyl (C=O) groups is 1. The van der Waals surface area contributed by atoms with Crippen LogP contribution in [0, 0.1) is 5.92 Å². The highest BCUT2D eigenvalue weighted by Gasteiger charge is 2.34. The molecule has 1 rings (SSSR count). The van der Waals surface area contributed by atoms with Crippen LogP contribution < -0.4 is 5.32 Å². The zero-order valence-corrected chi connectivity index (χ0v) is 11.6. The molecule has 1 unspecified atom stereocenters. The van der Waals surface area contributed by atoms with Gasteiger partial charge < -0.3 is 10.4 Å². The van der Waals surface area contributed by atoms with Gasteiger partial charge in [-0.05, 0) is 19.9 Å². The van der Waals surface area contributed by atoms with Crippen LogP contribution in [0.5, 0.6) is 0 Å². The molecule has 1 atom stereocenters. The Labute approximate surface area is 108 Å². The number of hydrogen-bond acceptors (Lipinski definition) is 4. The number of nitrogens with one attached hydrogen (secondary N) is 1. The van der Waals surface area contributed by atoms with Crippen LogP contribution in [0.4, 0.5) is 0 Å². The molecule has 2 N–H and O–H groups in total. The molecule has 7 nitrogen and oxygen atoms in total. The largest absolute Gasteiger partial charge is 0.481 e. The molecule has 0 amide bonds. The fourth-order valence-corrected chi connectivity index (χ4v) is 3.38. The Morgan fingerprint density at radius 1 is 1.56 bits per heavy atom. The summed E-state index contributed by atoms with van der Waals surface area (Å²) in [5, 5.41) is 11.8. The summed E-state index contributed by atoms with van der Waals surface area (Å²) >= 11 is 0. The van der Waals surface area contributed by atoms with Crippen molar-refractivity contribution in [3.63, 3.8) is 0 Å². The molecule has 1 heterocycles. The van der Waals surface area contributed by atoms with Crippen LogP contribution in [-0.4, -0.2) is 68.4 Å². The average Bonchev–Trinajstić information content (AvgIpc) is 2.35. The second kappa shape index (κ2) is 6.46. The first-order valence-electron chi connectivity index (χ1n) is 5.98. The maximum absolute atomic E-state index is 12.2. The summed E-state index contributed by atoms with van der Waals surface area (Å²) in [7, 11) is -0.275. The van der Waals surface area contributed by atoms with E-state index < -0.39 is 22.1 Å². The molecule has 106 valence electrons. The van der Waals surface area contributed by atoms with Crippen molar-refractivity contribution in [1.82, 2.24) is 13.9 Å². The standard InChI is InChI=1S/C10H21N3O4S/c1-11-5-7-12(2)18(16,17)13-6-3-4-9(8-13)10(14)15/h9,11H,3-8H2,1-2H3,(H,14,15). The van der Waals surface area contributed by atoms with Crippen molar-refractivity contribution in [3.05, 3.63) is 0 Å². The maximum Gasteiger partial charge on any atom is 0.307 e. The number of likely N-dealkylation sites (N-methyl/N-ethyl adjacent to an activating group) is 2. The Bertz CT molecular complexity index is 385. The Hall–Kier alpha value is -0.700. The van der Waals surface area contributed by atoms with Crippen molar-refractivity contribution in [2.45, 2.75) is 12.8 Å². The van der Waals surface area contributed by atoms with Gasteiger partial charge in [0.15, 0.2) is 0 Å². The second-order valence-corrected chi connectivity index (χ2v) is 6.50. The number of nitrogens with zero attached hydrogens (tertiary/aromatic N) is 2. The predicted molar refractivity (Wildman–Crippen MR) is 67.4 cm³/mol. The molecule has 1 aliphatic heterocycles. The van der Waals surface area contributed by atoms with Gasteiger partial charge in [-0.15, -0.1) is 0 Å². The van der Waals surface area contributed by atoms with Gasteiger partial charge in [0.1, 0.15) is 0 Å². The van der Waals surface area contributed by atoms with Crippen molar-refractivity contribution < 1.29 is 18.3 Å². The van der Waals surface area contributed by atoms with Crippen molar-refractivity contribution in [2.75, 3.05) is 40.3 Å². The van der Waals surface area contributed by atoms with Gasteiger partial charge in [-0.2, -0.15) is 17.0 Å². The summed E-state index contributed by atoms with van der Waals surface area (Å²) in [6.07, 6.45) is 1.14. The molecule has 0 spiro atoms. The summed E-state index contributed by atoms with van der Waals surface area (Å²) in [4.78, 5) is 10.9. The highest BCUT2D eigenvalue weighted by atomic mass is 32.2. The molecule has 0 saturated carbocycles. The van der Waals surface area contributed by atoms with Crippen LogP contribution in [0.25, 0.3) is 0 Å². The second-order valence-electron chi connectivity index (χ2n) is 4.47. The molecule has 0 bridgehead atoms. The molecule has 8 heteroatoms. The predicted octanol–water partition coefficient (Wildman–Crippen LogP) is -0.821. The molecule has 0 aliphatic carbocycles. The van der Waals surface area contributed by atoms with Crippen molar-refractivity contribution >= 4 is 16.2 Å². The van der Waals surface area contributed by atoms with E-state index in [-0.39, 0.29) is 6.54 Å². The number of carboxylic acid groups (broad SMARTS) is 1. The van der Waals surface area contributed by atoms with Crippen molar-refractivity contribution in [1.29, 1.82) is 0 Å². The molecule has 1 saturated heterocycles. The van der Waals surface area contributed by atoms with Gasteiger partial charge in [-0.25, -0.2) is 0 Å². The third-order valence-corrected chi connectivity index (χ3v) is 5.08. The van der Waals surface area contributed by atoms with E-state index >= 15 is 0 Å². The van der Waals surface area contributed by atoms with E-state index in [0.29, 0.717) is 32.5 Å². The summed E-state index contributed by atoms with van der Waals surface area (Å²) in [6, 6.07) is 0. The van der Waals surface area contributed by atoms with E-state index in [4.69, 9.17) is 5.11 Å². The summed E-state index contributed by atoms with van der Waals surface area (Å²) in [6.45, 7) is 1.40. The van der Waals surface area contributed by atoms with Gasteiger partial charge in [0.2, 0.25) is 0 Å². The van der Waals surface area contributed by atoms with Gasteiger partial charge in [0.25, 0.3) is 10.2 Å². The van der Waals surface area contributed by atoms with Gasteiger partial charge in [0.05, 0.1) is 5.92 Å². The average molecular weight is 279 g/mol. The lowest BCUT2D eigenvalue weighted by Gasteiger charge is -2.32. The van der Waals surface area contributed by atoms with E-state index in [1.165, 1.54) is 15.7 Å². The van der Waals surface area contributed by atoms with Crippen LogP contribution in [0.2, 0.25) is 0 Å². The Kier molecular flexibility index (Phi) is 5.51. The van der Waals surface area contributed by atoms with Gasteiger partial charge in [0, 0.05) is 33.2 Å². The van der Waals surface area contributed by atoms with E-state index in [9.17, 15) is 13.2 Å². The molecule has 0 aromatic rings. The van der Waals surface area contributed by atoms with Crippen molar-refractivity contribution in [2.24, 2.45) is 5.92 Å². The van der Waals surface area contributed by atoms with Gasteiger partial charge in [-0.1, -0.05) is 0 Å². The zero-order valence-electron chi connectivity index (χ0n) is 10.8. The normalized spacial score (nSPS) is 22.3. The quantitative estimate of drug-likeness (QED) is 0.663. The number of piperidine rings is 1. The van der Waals surface area contributed by atoms with E-state index in [0.717, 1.165) is 0 Å². The summed E-state index contributed by atoms with van der Waals surface area (Å²) in [5.41, 5.74) is 0. The van der Waals surface area contributed by atoms with Crippen LogP contribution in [0.3, 0.4) is 0 Å². The first-order valence-corrected chi connectivity index (χ1v) is 7.38. The van der Waals surface area contributed by atoms with Crippen LogP contribution in [0.15, 0.2) is 0 Å². The third-order valence-electron chi connectivity index (χ3n) is 3.13. The monoisotopic (exact) mass is 279 g/mol. The van der Waals surface area contributed by atoms with Crippen LogP contribution in [0.1, 0.15) is 12.8 Å². The number of hydrogen-bond donors (Lipinski definition) is 2. The van der Waals surface area contributed by atoms with E-state index in [1.807, 2.05) is 0 Å². The SMILES string of the molecule is CNCCN(C)S(=O)(=O)N1CCCC(C(=O)O)C1. The summed E-state index contributed by atoms with van der Waals surface area (Å²) in [5.74, 6) is -1.51. The molecule has 1 aliphatic rings. The molecule has 1 fully saturated rings. The minimum Gasteiger partial charge on any atom is -0.481 e. The molecular weight excluding hydrogens is 258 g/mol. The zero-order chi connectivity index (χ0) is 13.8. The number of aliphatic carboxylic acids is 1. The third kappa shape index (κ3) is 3.64. The highest BCUT2D eigenvalue weighted by molar-refractivity contribution is 7.86. The fraction of sp³-hybridized carbons (Fsp3) is 0.900. The molecule has 0 aromatic carbocycles. The lowest BCUT2D eigenvalue weighted by molar-refractivity contribution is -0.142. The molecule has 0 radical (unpaired) electrons. The van der Waals surface area contributed by atoms with E-state index in [2.05, 4.69) is 5.32 Å². The maximum atomic E-state index is 12.2. The smallest absolute Gasteiger partial charge is 0.307 e. The first-order chi connectivity index (χ1) is 8.39. The summed E-state index contributed by atoms with van der Waals surface area (Å²) < 4.78 is 26.9. The highest BCUT2D eigenvalue weighted by Crippen LogP contribution is 2.20. The fourth-order valence-electron chi connectivity index (χ4n) is 1.94. The Morgan fingerprint density at radius 2 is 2.22 bits per heavy atom. The lowest BCUT2D eigenvalue weighted by atomic mass is 10.0.